The molecule has 2 rings (SSSR count). The van der Waals surface area contributed by atoms with E-state index in [9.17, 15) is 5.11 Å². The molecular weight excluding hydrogens is 188 g/mol. The van der Waals surface area contributed by atoms with Crippen molar-refractivity contribution < 1.29 is 5.11 Å². The molecule has 0 radical (unpaired) electrons. The number of rotatable bonds is 3. The van der Waals surface area contributed by atoms with Crippen molar-refractivity contribution >= 4 is 0 Å². The van der Waals surface area contributed by atoms with Crippen molar-refractivity contribution in [1.29, 1.82) is 0 Å². The maximum Gasteiger partial charge on any atom is 0.101 e. The van der Waals surface area contributed by atoms with Crippen LogP contribution in [0.15, 0.2) is 12.3 Å². The summed E-state index contributed by atoms with van der Waals surface area (Å²) in [6, 6.07) is 1.92. The Bertz CT molecular complexity index is 321. The lowest BCUT2D eigenvalue weighted by Crippen LogP contribution is -2.10. The number of aryl methyl sites for hydroxylation is 1. The van der Waals surface area contributed by atoms with Crippen LogP contribution in [-0.4, -0.2) is 14.9 Å². The van der Waals surface area contributed by atoms with Crippen LogP contribution < -0.4 is 0 Å². The summed E-state index contributed by atoms with van der Waals surface area (Å²) < 4.78 is 1.75. The molecule has 0 saturated heterocycles. The minimum atomic E-state index is -0.359. The quantitative estimate of drug-likeness (QED) is 0.827. The van der Waals surface area contributed by atoms with Crippen molar-refractivity contribution in [2.75, 3.05) is 0 Å². The number of aromatic nitrogens is 2. The third-order valence-corrected chi connectivity index (χ3v) is 3.64. The van der Waals surface area contributed by atoms with Crippen molar-refractivity contribution in [3.05, 3.63) is 18.0 Å². The fourth-order valence-electron chi connectivity index (χ4n) is 2.60. The zero-order valence-electron chi connectivity index (χ0n) is 9.56. The zero-order valence-corrected chi connectivity index (χ0v) is 9.56. The van der Waals surface area contributed by atoms with Crippen molar-refractivity contribution in [3.63, 3.8) is 0 Å². The Morgan fingerprint density at radius 2 is 2.40 bits per heavy atom. The van der Waals surface area contributed by atoms with Crippen LogP contribution in [0, 0.1) is 11.8 Å². The van der Waals surface area contributed by atoms with Crippen molar-refractivity contribution in [3.8, 4) is 0 Å². The number of hydrogen-bond acceptors (Lipinski definition) is 2. The summed E-state index contributed by atoms with van der Waals surface area (Å²) in [6.07, 6.45) is 6.36. The highest BCUT2D eigenvalue weighted by molar-refractivity contribution is 5.05. The molecule has 84 valence electrons. The second-order valence-electron chi connectivity index (χ2n) is 4.71. The number of aliphatic hydroxyl groups excluding tert-OH is 1. The Hall–Kier alpha value is -0.830. The highest BCUT2D eigenvalue weighted by Gasteiger charge is 2.30. The number of aliphatic hydroxyl groups is 1. The number of hydrogen-bond donors (Lipinski definition) is 1. The summed E-state index contributed by atoms with van der Waals surface area (Å²) in [5, 5.41) is 14.4. The summed E-state index contributed by atoms with van der Waals surface area (Å²) in [7, 11) is 1.89. The third kappa shape index (κ3) is 2.23. The van der Waals surface area contributed by atoms with E-state index in [1.807, 2.05) is 19.3 Å². The molecule has 0 aromatic carbocycles. The van der Waals surface area contributed by atoms with Crippen LogP contribution in [0.4, 0.5) is 0 Å². The summed E-state index contributed by atoms with van der Waals surface area (Å²) in [5.74, 6) is 1.23. The Morgan fingerprint density at radius 3 is 2.93 bits per heavy atom. The third-order valence-electron chi connectivity index (χ3n) is 3.64. The van der Waals surface area contributed by atoms with E-state index in [2.05, 4.69) is 12.0 Å². The Morgan fingerprint density at radius 1 is 1.60 bits per heavy atom. The zero-order chi connectivity index (χ0) is 10.8. The monoisotopic (exact) mass is 208 g/mol. The fourth-order valence-corrected chi connectivity index (χ4v) is 2.60. The van der Waals surface area contributed by atoms with Gasteiger partial charge in [-0.15, -0.1) is 0 Å². The molecule has 0 spiro atoms. The van der Waals surface area contributed by atoms with Gasteiger partial charge in [0.2, 0.25) is 0 Å². The van der Waals surface area contributed by atoms with Gasteiger partial charge in [-0.25, -0.2) is 0 Å². The van der Waals surface area contributed by atoms with E-state index in [-0.39, 0.29) is 6.10 Å². The van der Waals surface area contributed by atoms with Crippen LogP contribution in [0.5, 0.6) is 0 Å². The molecule has 3 atom stereocenters. The molecule has 3 unspecified atom stereocenters. The normalized spacial score (nSPS) is 28.2. The van der Waals surface area contributed by atoms with E-state index in [1.54, 1.807) is 4.68 Å². The van der Waals surface area contributed by atoms with Gasteiger partial charge in [-0.3, -0.25) is 4.68 Å². The predicted octanol–water partition coefficient (Wildman–Crippen LogP) is 2.28. The summed E-state index contributed by atoms with van der Waals surface area (Å²) in [4.78, 5) is 0. The van der Waals surface area contributed by atoms with E-state index in [0.717, 1.165) is 24.5 Å². The molecule has 0 aliphatic heterocycles. The first kappa shape index (κ1) is 10.7. The first-order valence-corrected chi connectivity index (χ1v) is 5.88. The highest BCUT2D eigenvalue weighted by Crippen LogP contribution is 2.39. The molecule has 15 heavy (non-hydrogen) atoms. The minimum absolute atomic E-state index is 0.359. The minimum Gasteiger partial charge on any atom is -0.386 e. The summed E-state index contributed by atoms with van der Waals surface area (Å²) in [6.45, 7) is 2.24. The molecule has 0 bridgehead atoms. The van der Waals surface area contributed by atoms with Gasteiger partial charge in [-0.05, 0) is 30.7 Å². The first-order chi connectivity index (χ1) is 7.20. The van der Waals surface area contributed by atoms with Crippen molar-refractivity contribution in [2.45, 2.75) is 38.7 Å². The maximum absolute atomic E-state index is 10.2. The molecule has 0 amide bonds. The van der Waals surface area contributed by atoms with Gasteiger partial charge in [0, 0.05) is 13.2 Å². The lowest BCUT2D eigenvalue weighted by Gasteiger charge is -2.15. The second-order valence-corrected chi connectivity index (χ2v) is 4.71. The molecule has 1 aromatic rings. The van der Waals surface area contributed by atoms with E-state index in [0.29, 0.717) is 5.92 Å². The molecule has 1 aliphatic carbocycles. The van der Waals surface area contributed by atoms with E-state index >= 15 is 0 Å². The van der Waals surface area contributed by atoms with E-state index in [4.69, 9.17) is 0 Å². The van der Waals surface area contributed by atoms with Gasteiger partial charge in [0.05, 0.1) is 5.69 Å². The molecule has 1 fully saturated rings. The molecule has 1 aliphatic rings. The van der Waals surface area contributed by atoms with Crippen molar-refractivity contribution in [1.82, 2.24) is 9.78 Å². The largest absolute Gasteiger partial charge is 0.386 e. The molecule has 3 heteroatoms. The SMILES string of the molecule is CCC1CCC(C(O)c2ccn(C)n2)C1. The second kappa shape index (κ2) is 4.35. The molecule has 1 aromatic heterocycles. The van der Waals surface area contributed by atoms with Crippen LogP contribution in [0.25, 0.3) is 0 Å². The van der Waals surface area contributed by atoms with Crippen LogP contribution in [0.2, 0.25) is 0 Å². The van der Waals surface area contributed by atoms with Gasteiger partial charge in [0.15, 0.2) is 0 Å². The van der Waals surface area contributed by atoms with Gasteiger partial charge >= 0.3 is 0 Å². The van der Waals surface area contributed by atoms with Gasteiger partial charge in [0.25, 0.3) is 0 Å². The smallest absolute Gasteiger partial charge is 0.101 e. The first-order valence-electron chi connectivity index (χ1n) is 5.88. The van der Waals surface area contributed by atoms with Crippen molar-refractivity contribution in [2.24, 2.45) is 18.9 Å². The van der Waals surface area contributed by atoms with Gasteiger partial charge in [-0.2, -0.15) is 5.10 Å². The van der Waals surface area contributed by atoms with Crippen LogP contribution in [-0.2, 0) is 7.05 Å². The van der Waals surface area contributed by atoms with Gasteiger partial charge in [-0.1, -0.05) is 19.8 Å². The summed E-state index contributed by atoms with van der Waals surface area (Å²) in [5.41, 5.74) is 0.833. The van der Waals surface area contributed by atoms with Crippen LogP contribution >= 0.6 is 0 Å². The predicted molar refractivity (Wildman–Crippen MR) is 59.3 cm³/mol. The summed E-state index contributed by atoms with van der Waals surface area (Å²) >= 11 is 0. The highest BCUT2D eigenvalue weighted by atomic mass is 16.3. The molecular formula is C12H20N2O. The van der Waals surface area contributed by atoms with E-state index < -0.39 is 0 Å². The molecule has 1 saturated carbocycles. The average molecular weight is 208 g/mol. The lowest BCUT2D eigenvalue weighted by atomic mass is 9.96. The van der Waals surface area contributed by atoms with Gasteiger partial charge in [0.1, 0.15) is 6.10 Å². The van der Waals surface area contributed by atoms with E-state index in [1.165, 1.54) is 12.8 Å². The topological polar surface area (TPSA) is 38.0 Å². The standard InChI is InChI=1S/C12H20N2O/c1-3-9-4-5-10(8-9)12(15)11-6-7-14(2)13-11/h6-7,9-10,12,15H,3-5,8H2,1-2H3. The Labute approximate surface area is 91.1 Å². The lowest BCUT2D eigenvalue weighted by molar-refractivity contribution is 0.104. The van der Waals surface area contributed by atoms with Crippen LogP contribution in [0.1, 0.15) is 44.4 Å². The number of nitrogens with zero attached hydrogens (tertiary/aromatic N) is 2. The molecule has 1 heterocycles. The molecule has 3 nitrogen and oxygen atoms in total. The maximum atomic E-state index is 10.2. The van der Waals surface area contributed by atoms with Crippen LogP contribution in [0.3, 0.4) is 0 Å². The average Bonchev–Trinajstić information content (AvgIpc) is 2.84. The fraction of sp³-hybridized carbons (Fsp3) is 0.750. The van der Waals surface area contributed by atoms with Gasteiger partial charge < -0.3 is 5.11 Å². The molecule has 1 N–H and O–H groups in total. The Balaban J connectivity index is 2.00. The Kier molecular flexibility index (Phi) is 3.10.